The highest BCUT2D eigenvalue weighted by molar-refractivity contribution is 6.42. The highest BCUT2D eigenvalue weighted by atomic mass is 35.5. The first kappa shape index (κ1) is 22.8. The molecule has 2 aromatic carbocycles. The van der Waals surface area contributed by atoms with Crippen LogP contribution in [0.5, 0.6) is 5.75 Å². The third kappa shape index (κ3) is 4.44. The minimum Gasteiger partial charge on any atom is -0.406 e. The average molecular weight is 505 g/mol. The van der Waals surface area contributed by atoms with E-state index in [1.54, 1.807) is 0 Å². The molecule has 1 N–H and O–H groups in total. The molecule has 2 heterocycles. The van der Waals surface area contributed by atoms with Crippen molar-refractivity contribution < 1.29 is 31.1 Å². The topological polar surface area (TPSA) is 62.3 Å². The first-order valence-electron chi connectivity index (χ1n) is 8.82. The van der Waals surface area contributed by atoms with Crippen LogP contribution in [0.25, 0.3) is 16.7 Å². The number of halogens is 8. The van der Waals surface area contributed by atoms with Gasteiger partial charge in [0.25, 0.3) is 0 Å². The number of hydrogen-bond donors (Lipinski definition) is 1. The van der Waals surface area contributed by atoms with Crippen molar-refractivity contribution in [1.29, 1.82) is 5.26 Å². The number of benzene rings is 2. The van der Waals surface area contributed by atoms with E-state index in [9.17, 15) is 31.6 Å². The summed E-state index contributed by atoms with van der Waals surface area (Å²) in [5, 5.41) is 12.4. The lowest BCUT2D eigenvalue weighted by Gasteiger charge is -2.16. The third-order valence-corrected chi connectivity index (χ3v) is 5.21. The van der Waals surface area contributed by atoms with Crippen LogP contribution in [0.15, 0.2) is 42.5 Å². The Balaban J connectivity index is 1.93. The maximum absolute atomic E-state index is 13.7. The van der Waals surface area contributed by atoms with Crippen LogP contribution in [0.2, 0.25) is 10.0 Å². The molecule has 2 aromatic heterocycles. The van der Waals surface area contributed by atoms with E-state index in [4.69, 9.17) is 23.2 Å². The zero-order chi connectivity index (χ0) is 24.1. The second-order valence-electron chi connectivity index (χ2n) is 6.65. The number of fused-ring (bicyclic) bond motifs is 3. The lowest BCUT2D eigenvalue weighted by molar-refractivity contribution is -0.274. The van der Waals surface area contributed by atoms with E-state index in [0.717, 1.165) is 12.1 Å². The lowest BCUT2D eigenvalue weighted by Crippen LogP contribution is -2.17. The Hall–Kier alpha value is -3.36. The number of nitriles is 1. The number of pyridine rings is 1. The minimum atomic E-state index is -4.90. The number of aromatic nitrogens is 2. The Kier molecular flexibility index (Phi) is 5.46. The van der Waals surface area contributed by atoms with Crippen LogP contribution in [-0.2, 0) is 6.18 Å². The van der Waals surface area contributed by atoms with Crippen LogP contribution in [0.4, 0.5) is 37.8 Å². The first-order valence-corrected chi connectivity index (χ1v) is 9.57. The summed E-state index contributed by atoms with van der Waals surface area (Å²) in [5.74, 6) is -0.676. The number of imidazole rings is 1. The fourth-order valence-corrected chi connectivity index (χ4v) is 3.51. The molecular formula is C20H8Cl2F6N4O. The summed E-state index contributed by atoms with van der Waals surface area (Å²) in [7, 11) is 0. The van der Waals surface area contributed by atoms with Crippen molar-refractivity contribution in [1.82, 2.24) is 9.38 Å². The monoisotopic (exact) mass is 504 g/mol. The van der Waals surface area contributed by atoms with Gasteiger partial charge in [0.15, 0.2) is 5.65 Å². The van der Waals surface area contributed by atoms with Crippen molar-refractivity contribution in [3.8, 4) is 11.8 Å². The van der Waals surface area contributed by atoms with Crippen molar-refractivity contribution in [2.75, 3.05) is 5.32 Å². The second kappa shape index (κ2) is 7.90. The maximum Gasteiger partial charge on any atom is 0.573 e. The SMILES string of the molecule is N#Cc1c(C(F)(F)F)cc(Nc2ccc(OC(F)(F)F)cc2)n2c1nc1cc(Cl)c(Cl)cc12. The summed E-state index contributed by atoms with van der Waals surface area (Å²) in [6.45, 7) is 0. The van der Waals surface area contributed by atoms with Crippen LogP contribution in [-0.4, -0.2) is 15.7 Å². The molecule has 4 aromatic rings. The molecule has 4 rings (SSSR count). The molecule has 0 radical (unpaired) electrons. The number of nitrogens with one attached hydrogen (secondary N) is 1. The molecule has 5 nitrogen and oxygen atoms in total. The van der Waals surface area contributed by atoms with Crippen molar-refractivity contribution in [2.24, 2.45) is 0 Å². The van der Waals surface area contributed by atoms with Gasteiger partial charge in [0.05, 0.1) is 26.6 Å². The van der Waals surface area contributed by atoms with Crippen molar-refractivity contribution >= 4 is 51.4 Å². The van der Waals surface area contributed by atoms with E-state index in [1.807, 2.05) is 0 Å². The van der Waals surface area contributed by atoms with Crippen LogP contribution < -0.4 is 10.1 Å². The van der Waals surface area contributed by atoms with Gasteiger partial charge in [0.1, 0.15) is 23.2 Å². The zero-order valence-corrected chi connectivity index (χ0v) is 17.3. The van der Waals surface area contributed by atoms with Crippen LogP contribution in [0.3, 0.4) is 0 Å². The van der Waals surface area contributed by atoms with E-state index < -0.39 is 29.4 Å². The molecule has 0 aliphatic carbocycles. The van der Waals surface area contributed by atoms with Gasteiger partial charge in [-0.25, -0.2) is 4.98 Å². The number of nitrogens with zero attached hydrogens (tertiary/aromatic N) is 3. The molecule has 0 unspecified atom stereocenters. The Labute approximate surface area is 190 Å². The fourth-order valence-electron chi connectivity index (χ4n) is 3.19. The Morgan fingerprint density at radius 2 is 1.61 bits per heavy atom. The van der Waals surface area contributed by atoms with Gasteiger partial charge in [0.2, 0.25) is 0 Å². The molecular weight excluding hydrogens is 497 g/mol. The standard InChI is InChI=1S/C20H8Cl2F6N4O/c21-13-6-15-16(7-14(13)22)32-17(5-12(19(23,24)25)11(8-29)18(32)31-15)30-9-1-3-10(4-2-9)33-20(26,27)28/h1-7,30H. The van der Waals surface area contributed by atoms with Gasteiger partial charge in [-0.3, -0.25) is 4.40 Å². The van der Waals surface area contributed by atoms with Crippen molar-refractivity contribution in [2.45, 2.75) is 12.5 Å². The van der Waals surface area contributed by atoms with Gasteiger partial charge in [0, 0.05) is 5.69 Å². The second-order valence-corrected chi connectivity index (χ2v) is 7.47. The number of alkyl halides is 6. The Morgan fingerprint density at radius 3 is 2.18 bits per heavy atom. The molecule has 0 saturated heterocycles. The summed E-state index contributed by atoms with van der Waals surface area (Å²) >= 11 is 12.1. The van der Waals surface area contributed by atoms with Gasteiger partial charge < -0.3 is 10.1 Å². The molecule has 0 amide bonds. The van der Waals surface area contributed by atoms with Crippen molar-refractivity contribution in [3.63, 3.8) is 0 Å². The molecule has 0 aliphatic heterocycles. The number of anilines is 2. The van der Waals surface area contributed by atoms with E-state index in [0.29, 0.717) is 6.07 Å². The minimum absolute atomic E-state index is 0.101. The normalized spacial score (nSPS) is 12.2. The zero-order valence-electron chi connectivity index (χ0n) is 15.8. The summed E-state index contributed by atoms with van der Waals surface area (Å²) < 4.78 is 83.2. The van der Waals surface area contributed by atoms with Crippen LogP contribution in [0.1, 0.15) is 11.1 Å². The number of hydrogen-bond acceptors (Lipinski definition) is 4. The predicted octanol–water partition coefficient (Wildman–Crippen LogP) is 7.33. The summed E-state index contributed by atoms with van der Waals surface area (Å²) in [6, 6.07) is 9.30. The average Bonchev–Trinajstić information content (AvgIpc) is 3.06. The van der Waals surface area contributed by atoms with Gasteiger partial charge in [-0.2, -0.15) is 18.4 Å². The van der Waals surface area contributed by atoms with Gasteiger partial charge >= 0.3 is 12.5 Å². The van der Waals surface area contributed by atoms with Crippen molar-refractivity contribution in [3.05, 3.63) is 63.6 Å². The molecule has 0 fully saturated rings. The summed E-state index contributed by atoms with van der Waals surface area (Å²) in [4.78, 5) is 4.13. The molecule has 0 saturated carbocycles. The Morgan fingerprint density at radius 1 is 0.970 bits per heavy atom. The first-order chi connectivity index (χ1) is 15.4. The van der Waals surface area contributed by atoms with Crippen LogP contribution >= 0.6 is 23.2 Å². The molecule has 0 atom stereocenters. The molecule has 0 bridgehead atoms. The Bertz CT molecular complexity index is 1420. The van der Waals surface area contributed by atoms with Gasteiger partial charge in [-0.05, 0) is 42.5 Å². The lowest BCUT2D eigenvalue weighted by atomic mass is 10.1. The highest BCUT2D eigenvalue weighted by Gasteiger charge is 2.36. The van der Waals surface area contributed by atoms with E-state index in [-0.39, 0.29) is 38.2 Å². The maximum atomic E-state index is 13.7. The fraction of sp³-hybridized carbons (Fsp3) is 0.100. The van der Waals surface area contributed by atoms with E-state index >= 15 is 0 Å². The molecule has 170 valence electrons. The van der Waals surface area contributed by atoms with Crippen LogP contribution in [0, 0.1) is 11.3 Å². The van der Waals surface area contributed by atoms with Gasteiger partial charge in [-0.15, -0.1) is 13.2 Å². The highest BCUT2D eigenvalue weighted by Crippen LogP contribution is 2.39. The quantitative estimate of drug-likeness (QED) is 0.297. The third-order valence-electron chi connectivity index (χ3n) is 4.49. The molecule has 0 aliphatic rings. The predicted molar refractivity (Wildman–Crippen MR) is 109 cm³/mol. The molecule has 13 heteroatoms. The summed E-state index contributed by atoms with van der Waals surface area (Å²) in [5.41, 5.74) is -1.69. The number of rotatable bonds is 3. The summed E-state index contributed by atoms with van der Waals surface area (Å²) in [6.07, 6.45) is -9.78. The molecule has 33 heavy (non-hydrogen) atoms. The molecule has 0 spiro atoms. The largest absolute Gasteiger partial charge is 0.573 e. The van der Waals surface area contributed by atoms with E-state index in [2.05, 4.69) is 15.0 Å². The van der Waals surface area contributed by atoms with E-state index in [1.165, 1.54) is 34.7 Å². The number of ether oxygens (including phenoxy) is 1. The smallest absolute Gasteiger partial charge is 0.406 e. The van der Waals surface area contributed by atoms with Gasteiger partial charge in [-0.1, -0.05) is 23.2 Å².